The fourth-order valence-corrected chi connectivity index (χ4v) is 1.16. The molecule has 3 N–H and O–H groups in total. The highest BCUT2D eigenvalue weighted by atomic mass is 16.3. The summed E-state index contributed by atoms with van der Waals surface area (Å²) in [6.07, 6.45) is 0. The predicted molar refractivity (Wildman–Crippen MR) is 47.8 cm³/mol. The summed E-state index contributed by atoms with van der Waals surface area (Å²) in [4.78, 5) is 3.91. The van der Waals surface area contributed by atoms with Crippen molar-refractivity contribution in [3.05, 3.63) is 30.3 Å². The molecule has 0 saturated heterocycles. The summed E-state index contributed by atoms with van der Waals surface area (Å²) in [7, 11) is 0. The molecule has 0 radical (unpaired) electrons. The molecular weight excluding hydrogens is 152 g/mol. The molecule has 1 aromatic carbocycles. The molecule has 3 nitrogen and oxygen atoms in total. The van der Waals surface area contributed by atoms with Crippen LogP contribution in [0, 0.1) is 0 Å². The molecule has 0 bridgehead atoms. The molecule has 2 rings (SSSR count). The molecule has 0 aliphatic rings. The number of rotatable bonds is 0. The maximum Gasteiger partial charge on any atom is 0.211 e. The normalized spacial score (nSPS) is 10.3. The second-order valence-corrected chi connectivity index (χ2v) is 2.59. The van der Waals surface area contributed by atoms with Crippen LogP contribution in [0.3, 0.4) is 0 Å². The van der Waals surface area contributed by atoms with E-state index in [1.807, 2.05) is 12.1 Å². The molecule has 0 unspecified atom stereocenters. The standard InChI is InChI=1S/C9H8N2O/c10-7-3-1-2-6-4-5-8(12)11-9(6)7/h1-5H,10H2,(H,11,12). The van der Waals surface area contributed by atoms with Crippen LogP contribution in [-0.4, -0.2) is 10.1 Å². The Morgan fingerprint density at radius 1 is 1.17 bits per heavy atom. The van der Waals surface area contributed by atoms with Crippen LogP contribution >= 0.6 is 0 Å². The van der Waals surface area contributed by atoms with Crippen LogP contribution in [0.4, 0.5) is 5.69 Å². The van der Waals surface area contributed by atoms with Crippen molar-refractivity contribution in [3.8, 4) is 5.88 Å². The summed E-state index contributed by atoms with van der Waals surface area (Å²) >= 11 is 0. The third-order valence-corrected chi connectivity index (χ3v) is 1.74. The van der Waals surface area contributed by atoms with E-state index in [-0.39, 0.29) is 5.88 Å². The highest BCUT2D eigenvalue weighted by Crippen LogP contribution is 2.20. The molecule has 3 heteroatoms. The fourth-order valence-electron chi connectivity index (χ4n) is 1.16. The maximum absolute atomic E-state index is 9.09. The molecule has 0 saturated carbocycles. The number of benzene rings is 1. The molecule has 0 aliphatic heterocycles. The lowest BCUT2D eigenvalue weighted by atomic mass is 10.2. The van der Waals surface area contributed by atoms with Gasteiger partial charge >= 0.3 is 0 Å². The first kappa shape index (κ1) is 6.91. The Hall–Kier alpha value is -1.77. The first-order valence-electron chi connectivity index (χ1n) is 3.61. The van der Waals surface area contributed by atoms with Crippen LogP contribution in [0.25, 0.3) is 10.9 Å². The highest BCUT2D eigenvalue weighted by molar-refractivity contribution is 5.89. The van der Waals surface area contributed by atoms with Crippen molar-refractivity contribution in [2.24, 2.45) is 0 Å². The predicted octanol–water partition coefficient (Wildman–Crippen LogP) is 1.52. The SMILES string of the molecule is Nc1cccc2ccc(O)nc12. The van der Waals surface area contributed by atoms with Crippen LogP contribution < -0.4 is 5.73 Å². The van der Waals surface area contributed by atoms with E-state index in [0.717, 1.165) is 5.39 Å². The van der Waals surface area contributed by atoms with Gasteiger partial charge in [0.25, 0.3) is 0 Å². The van der Waals surface area contributed by atoms with E-state index in [0.29, 0.717) is 11.2 Å². The van der Waals surface area contributed by atoms with Gasteiger partial charge in [0.05, 0.1) is 11.2 Å². The van der Waals surface area contributed by atoms with Gasteiger partial charge in [0.2, 0.25) is 5.88 Å². The lowest BCUT2D eigenvalue weighted by Crippen LogP contribution is -1.88. The van der Waals surface area contributed by atoms with Crippen molar-refractivity contribution in [3.63, 3.8) is 0 Å². The summed E-state index contributed by atoms with van der Waals surface area (Å²) in [5.74, 6) is 0.000370. The van der Waals surface area contributed by atoms with Gasteiger partial charge in [-0.15, -0.1) is 0 Å². The molecule has 1 aromatic heterocycles. The number of nitrogen functional groups attached to an aromatic ring is 1. The van der Waals surface area contributed by atoms with Crippen molar-refractivity contribution in [2.75, 3.05) is 5.73 Å². The quantitative estimate of drug-likeness (QED) is 0.574. The summed E-state index contributed by atoms with van der Waals surface area (Å²) in [6.45, 7) is 0. The van der Waals surface area contributed by atoms with E-state index < -0.39 is 0 Å². The van der Waals surface area contributed by atoms with Crippen molar-refractivity contribution in [1.82, 2.24) is 4.98 Å². The van der Waals surface area contributed by atoms with Gasteiger partial charge in [-0.2, -0.15) is 0 Å². The Bertz CT molecular complexity index is 426. The third kappa shape index (κ3) is 0.955. The smallest absolute Gasteiger partial charge is 0.211 e. The highest BCUT2D eigenvalue weighted by Gasteiger charge is 1.98. The number of nitrogens with two attached hydrogens (primary N) is 1. The minimum absolute atomic E-state index is 0.000370. The number of nitrogens with zero attached hydrogens (tertiary/aromatic N) is 1. The second-order valence-electron chi connectivity index (χ2n) is 2.59. The van der Waals surface area contributed by atoms with Crippen LogP contribution in [0.1, 0.15) is 0 Å². The zero-order chi connectivity index (χ0) is 8.55. The van der Waals surface area contributed by atoms with Gasteiger partial charge in [0.1, 0.15) is 0 Å². The van der Waals surface area contributed by atoms with Gasteiger partial charge in [-0.1, -0.05) is 12.1 Å². The number of para-hydroxylation sites is 1. The number of hydrogen-bond donors (Lipinski definition) is 2. The fraction of sp³-hybridized carbons (Fsp3) is 0. The van der Waals surface area contributed by atoms with Crippen molar-refractivity contribution in [1.29, 1.82) is 0 Å². The van der Waals surface area contributed by atoms with Gasteiger partial charge in [0.15, 0.2) is 0 Å². The van der Waals surface area contributed by atoms with E-state index in [1.54, 1.807) is 18.2 Å². The minimum Gasteiger partial charge on any atom is -0.493 e. The molecule has 0 fully saturated rings. The van der Waals surface area contributed by atoms with Crippen LogP contribution in [-0.2, 0) is 0 Å². The molecule has 12 heavy (non-hydrogen) atoms. The maximum atomic E-state index is 9.09. The first-order chi connectivity index (χ1) is 5.77. The average Bonchev–Trinajstić information content (AvgIpc) is 2.07. The first-order valence-corrected chi connectivity index (χ1v) is 3.61. The number of pyridine rings is 1. The van der Waals surface area contributed by atoms with Crippen LogP contribution in [0.15, 0.2) is 30.3 Å². The topological polar surface area (TPSA) is 59.1 Å². The third-order valence-electron chi connectivity index (χ3n) is 1.74. The summed E-state index contributed by atoms with van der Waals surface area (Å²) in [5.41, 5.74) is 6.89. The molecule has 2 aromatic rings. The van der Waals surface area contributed by atoms with Crippen molar-refractivity contribution >= 4 is 16.6 Å². The zero-order valence-corrected chi connectivity index (χ0v) is 6.36. The Morgan fingerprint density at radius 3 is 2.83 bits per heavy atom. The van der Waals surface area contributed by atoms with Crippen molar-refractivity contribution < 1.29 is 5.11 Å². The average molecular weight is 160 g/mol. The Labute approximate surface area is 69.5 Å². The van der Waals surface area contributed by atoms with Gasteiger partial charge in [0, 0.05) is 11.5 Å². The summed E-state index contributed by atoms with van der Waals surface area (Å²) < 4.78 is 0. The van der Waals surface area contributed by atoms with E-state index in [1.165, 1.54) is 0 Å². The Morgan fingerprint density at radius 2 is 2.00 bits per heavy atom. The number of hydrogen-bond acceptors (Lipinski definition) is 3. The molecule has 0 atom stereocenters. The number of aromatic nitrogens is 1. The lowest BCUT2D eigenvalue weighted by Gasteiger charge is -1.99. The summed E-state index contributed by atoms with van der Waals surface area (Å²) in [5, 5.41) is 10.0. The lowest BCUT2D eigenvalue weighted by molar-refractivity contribution is 0.456. The molecule has 0 amide bonds. The molecule has 1 heterocycles. The van der Waals surface area contributed by atoms with Crippen LogP contribution in [0.5, 0.6) is 5.88 Å². The Kier molecular flexibility index (Phi) is 1.37. The van der Waals surface area contributed by atoms with Gasteiger partial charge in [-0.05, 0) is 12.1 Å². The second kappa shape index (κ2) is 2.37. The molecular formula is C9H8N2O. The largest absolute Gasteiger partial charge is 0.493 e. The molecule has 0 aliphatic carbocycles. The number of anilines is 1. The monoisotopic (exact) mass is 160 g/mol. The van der Waals surface area contributed by atoms with Crippen LogP contribution in [0.2, 0.25) is 0 Å². The molecule has 60 valence electrons. The zero-order valence-electron chi connectivity index (χ0n) is 6.36. The number of aromatic hydroxyl groups is 1. The van der Waals surface area contributed by atoms with Gasteiger partial charge in [-0.25, -0.2) is 4.98 Å². The van der Waals surface area contributed by atoms with E-state index in [9.17, 15) is 0 Å². The van der Waals surface area contributed by atoms with E-state index in [4.69, 9.17) is 10.8 Å². The van der Waals surface area contributed by atoms with E-state index >= 15 is 0 Å². The molecule has 0 spiro atoms. The number of fused-ring (bicyclic) bond motifs is 1. The van der Waals surface area contributed by atoms with E-state index in [2.05, 4.69) is 4.98 Å². The van der Waals surface area contributed by atoms with Gasteiger partial charge < -0.3 is 10.8 Å². The van der Waals surface area contributed by atoms with Crippen molar-refractivity contribution in [2.45, 2.75) is 0 Å². The van der Waals surface area contributed by atoms with Gasteiger partial charge in [-0.3, -0.25) is 0 Å². The summed E-state index contributed by atoms with van der Waals surface area (Å²) in [6, 6.07) is 8.85. The Balaban J connectivity index is 2.88. The minimum atomic E-state index is 0.000370.